The Morgan fingerprint density at radius 2 is 1.95 bits per heavy atom. The zero-order chi connectivity index (χ0) is 14.5. The quantitative estimate of drug-likeness (QED) is 0.790. The van der Waals surface area contributed by atoms with Crippen LogP contribution in [0.15, 0.2) is 54.6 Å². The number of methoxy groups -OCH3 is 1. The van der Waals surface area contributed by atoms with E-state index in [1.165, 1.54) is 22.9 Å². The van der Waals surface area contributed by atoms with E-state index in [1.807, 2.05) is 6.07 Å². The predicted molar refractivity (Wildman–Crippen MR) is 86.5 cm³/mol. The molecular weight excluding hydrogens is 327 g/mol. The van der Waals surface area contributed by atoms with Crippen LogP contribution in [0.3, 0.4) is 0 Å². The Hall–Kier alpha value is -1.28. The molecule has 21 heavy (non-hydrogen) atoms. The summed E-state index contributed by atoms with van der Waals surface area (Å²) >= 11 is 0.440. The Labute approximate surface area is 132 Å². The van der Waals surface area contributed by atoms with Gasteiger partial charge in [0.15, 0.2) is 0 Å². The van der Waals surface area contributed by atoms with Crippen molar-refractivity contribution >= 4 is 19.4 Å². The van der Waals surface area contributed by atoms with E-state index >= 15 is 0 Å². The average Bonchev–Trinajstić information content (AvgIpc) is 2.56. The summed E-state index contributed by atoms with van der Waals surface area (Å²) in [5.74, 6) is 0.910. The number of hydrogen-bond donors (Lipinski definition) is 0. The molecule has 2 aromatic rings. The number of hydrogen-bond acceptors (Lipinski definition) is 2. The van der Waals surface area contributed by atoms with E-state index < -0.39 is 0 Å². The van der Waals surface area contributed by atoms with Crippen LogP contribution < -0.4 is 9.20 Å². The first-order valence-electron chi connectivity index (χ1n) is 7.34. The molecule has 2 aromatic carbocycles. The summed E-state index contributed by atoms with van der Waals surface area (Å²) in [5, 5.41) is 0. The van der Waals surface area contributed by atoms with Gasteiger partial charge in [-0.3, -0.25) is 0 Å². The van der Waals surface area contributed by atoms with Crippen LogP contribution in [0.5, 0.6) is 5.75 Å². The van der Waals surface area contributed by atoms with E-state index in [0.717, 1.165) is 12.4 Å². The topological polar surface area (TPSA) is 18.5 Å². The van der Waals surface area contributed by atoms with Crippen molar-refractivity contribution in [1.29, 1.82) is 0 Å². The van der Waals surface area contributed by atoms with E-state index in [2.05, 4.69) is 48.5 Å². The minimum absolute atomic E-state index is 0.203. The molecule has 0 aliphatic carbocycles. The predicted octanol–water partition coefficient (Wildman–Crippen LogP) is 3.36. The van der Waals surface area contributed by atoms with Crippen molar-refractivity contribution in [3.05, 3.63) is 60.2 Å². The Bertz CT molecular complexity index is 570. The fraction of sp³-hybridized carbons (Fsp3) is 0.333. The monoisotopic (exact) mass is 348 g/mol. The Morgan fingerprint density at radius 3 is 2.76 bits per heavy atom. The maximum atomic E-state index is 6.11. The maximum absolute atomic E-state index is 6.11. The van der Waals surface area contributed by atoms with E-state index in [4.69, 9.17) is 9.47 Å². The summed E-state index contributed by atoms with van der Waals surface area (Å²) in [6, 6.07) is 19.1. The Morgan fingerprint density at radius 1 is 1.10 bits per heavy atom. The van der Waals surface area contributed by atoms with E-state index in [0.29, 0.717) is 19.8 Å². The van der Waals surface area contributed by atoms with Gasteiger partial charge in [-0.1, -0.05) is 0 Å². The van der Waals surface area contributed by atoms with Gasteiger partial charge in [-0.15, -0.1) is 0 Å². The van der Waals surface area contributed by atoms with Gasteiger partial charge in [0, 0.05) is 0 Å². The van der Waals surface area contributed by atoms with Crippen molar-refractivity contribution in [2.24, 2.45) is 0 Å². The van der Waals surface area contributed by atoms with Gasteiger partial charge in [0.25, 0.3) is 0 Å². The molecule has 0 radical (unpaired) electrons. The first-order valence-corrected chi connectivity index (χ1v) is 9.18. The van der Waals surface area contributed by atoms with Crippen LogP contribution >= 0.6 is 0 Å². The van der Waals surface area contributed by atoms with Crippen LogP contribution in [0, 0.1) is 0 Å². The van der Waals surface area contributed by atoms with E-state index in [-0.39, 0.29) is 6.10 Å². The third-order valence-electron chi connectivity index (χ3n) is 3.72. The second-order valence-corrected chi connectivity index (χ2v) is 7.93. The molecule has 0 bridgehead atoms. The van der Waals surface area contributed by atoms with Gasteiger partial charge >= 0.3 is 132 Å². The van der Waals surface area contributed by atoms with Crippen LogP contribution in [0.2, 0.25) is 4.82 Å². The second kappa shape index (κ2) is 7.13. The Kier molecular flexibility index (Phi) is 4.97. The van der Waals surface area contributed by atoms with Gasteiger partial charge in [0.1, 0.15) is 0 Å². The fourth-order valence-electron chi connectivity index (χ4n) is 2.68. The molecule has 0 aromatic heterocycles. The molecule has 2 nitrogen and oxygen atoms in total. The molecule has 0 unspecified atom stereocenters. The second-order valence-electron chi connectivity index (χ2n) is 5.18. The summed E-state index contributed by atoms with van der Waals surface area (Å²) in [4.78, 5) is 0.598. The average molecular weight is 347 g/mol. The van der Waals surface area contributed by atoms with E-state index in [1.54, 1.807) is 7.11 Å². The molecule has 1 aliphatic heterocycles. The normalized spacial score (nSPS) is 22.0. The van der Waals surface area contributed by atoms with Crippen LogP contribution in [0.4, 0.5) is 0 Å². The van der Waals surface area contributed by atoms with Crippen molar-refractivity contribution < 1.29 is 9.47 Å². The first-order chi connectivity index (χ1) is 10.4. The van der Waals surface area contributed by atoms with Crippen molar-refractivity contribution in [3.63, 3.8) is 0 Å². The van der Waals surface area contributed by atoms with Crippen molar-refractivity contribution in [2.45, 2.75) is 23.8 Å². The molecule has 1 aliphatic rings. The Balaban J connectivity index is 1.80. The van der Waals surface area contributed by atoms with Crippen molar-refractivity contribution in [2.75, 3.05) is 13.7 Å². The SMILES string of the molecule is COc1cccc([C@H]2OCCC[C@@H]2[Se]c2ccccc2)c1. The van der Waals surface area contributed by atoms with Crippen LogP contribution in [-0.4, -0.2) is 28.7 Å². The van der Waals surface area contributed by atoms with Gasteiger partial charge in [0.2, 0.25) is 0 Å². The summed E-state index contributed by atoms with van der Waals surface area (Å²) < 4.78 is 12.9. The van der Waals surface area contributed by atoms with Gasteiger partial charge in [-0.2, -0.15) is 0 Å². The van der Waals surface area contributed by atoms with Crippen LogP contribution in [-0.2, 0) is 4.74 Å². The van der Waals surface area contributed by atoms with Gasteiger partial charge in [0.05, 0.1) is 0 Å². The zero-order valence-electron chi connectivity index (χ0n) is 12.2. The third-order valence-corrected chi connectivity index (χ3v) is 6.51. The first kappa shape index (κ1) is 14.6. The molecule has 3 rings (SSSR count). The molecule has 0 spiro atoms. The molecule has 0 N–H and O–H groups in total. The molecular formula is C18H20O2Se. The fourth-order valence-corrected chi connectivity index (χ4v) is 5.42. The number of benzene rings is 2. The van der Waals surface area contributed by atoms with Crippen molar-refractivity contribution in [1.82, 2.24) is 0 Å². The van der Waals surface area contributed by atoms with Gasteiger partial charge < -0.3 is 0 Å². The van der Waals surface area contributed by atoms with Crippen molar-refractivity contribution in [3.8, 4) is 5.75 Å². The summed E-state index contributed by atoms with van der Waals surface area (Å²) in [5.41, 5.74) is 1.25. The van der Waals surface area contributed by atoms with Gasteiger partial charge in [-0.05, 0) is 0 Å². The zero-order valence-corrected chi connectivity index (χ0v) is 13.9. The molecule has 1 heterocycles. The number of rotatable bonds is 4. The molecule has 3 heteroatoms. The molecule has 0 saturated carbocycles. The minimum atomic E-state index is 0.203. The molecule has 1 fully saturated rings. The standard InChI is InChI=1S/C18H20O2Se/c1-19-15-8-5-7-14(13-15)18-17(11-6-12-20-18)21-16-9-3-2-4-10-16/h2-5,7-10,13,17-18H,6,11-12H2,1H3/t17-,18+/m0/s1. The van der Waals surface area contributed by atoms with E-state index in [9.17, 15) is 0 Å². The summed E-state index contributed by atoms with van der Waals surface area (Å²) in [6.45, 7) is 0.864. The molecule has 2 atom stereocenters. The molecule has 0 amide bonds. The third kappa shape index (κ3) is 3.68. The summed E-state index contributed by atoms with van der Waals surface area (Å²) in [6.07, 6.45) is 2.62. The van der Waals surface area contributed by atoms with Crippen LogP contribution in [0.1, 0.15) is 24.5 Å². The summed E-state index contributed by atoms with van der Waals surface area (Å²) in [7, 11) is 1.71. The van der Waals surface area contributed by atoms with Crippen LogP contribution in [0.25, 0.3) is 0 Å². The number of ether oxygens (including phenoxy) is 2. The van der Waals surface area contributed by atoms with Gasteiger partial charge in [-0.25, -0.2) is 0 Å². The molecule has 1 saturated heterocycles. The molecule has 110 valence electrons.